The zero-order chi connectivity index (χ0) is 20.9. The molecule has 0 aliphatic carbocycles. The lowest BCUT2D eigenvalue weighted by molar-refractivity contribution is -0.121. The first-order valence-electron chi connectivity index (χ1n) is 9.70. The number of aromatic nitrogens is 4. The monoisotopic (exact) mass is 423 g/mol. The SMILES string of the molecule is Cn1ccnc1[C@H](NC(=O)CCCSc1nc2ccccc2[nH]1)c1cccc(F)c1. The Bertz CT molecular complexity index is 1120. The molecule has 154 valence electrons. The Balaban J connectivity index is 1.35. The molecule has 0 aliphatic rings. The number of nitrogens with one attached hydrogen (secondary N) is 2. The van der Waals surface area contributed by atoms with Gasteiger partial charge in [0.1, 0.15) is 17.7 Å². The number of amides is 1. The van der Waals surface area contributed by atoms with E-state index < -0.39 is 6.04 Å². The summed E-state index contributed by atoms with van der Waals surface area (Å²) >= 11 is 1.59. The average Bonchev–Trinajstić information content (AvgIpc) is 3.35. The van der Waals surface area contributed by atoms with Gasteiger partial charge in [-0.25, -0.2) is 14.4 Å². The normalized spacial score (nSPS) is 12.2. The Morgan fingerprint density at radius 2 is 2.13 bits per heavy atom. The van der Waals surface area contributed by atoms with Crippen molar-refractivity contribution in [3.63, 3.8) is 0 Å². The molecule has 6 nitrogen and oxygen atoms in total. The number of para-hydroxylation sites is 2. The van der Waals surface area contributed by atoms with E-state index in [2.05, 4.69) is 20.3 Å². The van der Waals surface area contributed by atoms with Crippen molar-refractivity contribution in [3.05, 3.63) is 78.1 Å². The van der Waals surface area contributed by atoms with Crippen molar-refractivity contribution in [1.82, 2.24) is 24.8 Å². The lowest BCUT2D eigenvalue weighted by Crippen LogP contribution is -2.31. The van der Waals surface area contributed by atoms with Crippen molar-refractivity contribution in [1.29, 1.82) is 0 Å². The number of aromatic amines is 1. The first-order valence-corrected chi connectivity index (χ1v) is 10.7. The Labute approximate surface area is 177 Å². The van der Waals surface area contributed by atoms with Crippen LogP contribution in [-0.4, -0.2) is 31.2 Å². The molecule has 0 radical (unpaired) electrons. The van der Waals surface area contributed by atoms with Gasteiger partial charge in [-0.3, -0.25) is 4.79 Å². The summed E-state index contributed by atoms with van der Waals surface area (Å²) in [4.78, 5) is 24.7. The highest BCUT2D eigenvalue weighted by Gasteiger charge is 2.21. The molecule has 2 aromatic carbocycles. The quantitative estimate of drug-likeness (QED) is 0.329. The third kappa shape index (κ3) is 4.71. The molecule has 0 unspecified atom stereocenters. The van der Waals surface area contributed by atoms with Gasteiger partial charge in [-0.2, -0.15) is 0 Å². The van der Waals surface area contributed by atoms with Crippen LogP contribution < -0.4 is 5.32 Å². The smallest absolute Gasteiger partial charge is 0.220 e. The number of fused-ring (bicyclic) bond motifs is 1. The van der Waals surface area contributed by atoms with E-state index in [1.807, 2.05) is 35.9 Å². The van der Waals surface area contributed by atoms with Crippen molar-refractivity contribution in [2.24, 2.45) is 7.05 Å². The second-order valence-electron chi connectivity index (χ2n) is 6.96. The van der Waals surface area contributed by atoms with Crippen molar-refractivity contribution in [2.45, 2.75) is 24.0 Å². The lowest BCUT2D eigenvalue weighted by atomic mass is 10.1. The number of imidazole rings is 2. The zero-order valence-corrected chi connectivity index (χ0v) is 17.3. The van der Waals surface area contributed by atoms with Crippen LogP contribution in [-0.2, 0) is 11.8 Å². The lowest BCUT2D eigenvalue weighted by Gasteiger charge is -2.19. The van der Waals surface area contributed by atoms with Gasteiger partial charge in [0, 0.05) is 31.6 Å². The second kappa shape index (κ2) is 9.13. The fourth-order valence-electron chi connectivity index (χ4n) is 3.27. The van der Waals surface area contributed by atoms with E-state index in [0.717, 1.165) is 21.9 Å². The number of hydrogen-bond acceptors (Lipinski definition) is 4. The minimum atomic E-state index is -0.503. The van der Waals surface area contributed by atoms with Gasteiger partial charge in [-0.15, -0.1) is 0 Å². The maximum atomic E-state index is 13.7. The highest BCUT2D eigenvalue weighted by atomic mass is 32.2. The number of rotatable bonds is 8. The zero-order valence-electron chi connectivity index (χ0n) is 16.5. The highest BCUT2D eigenvalue weighted by molar-refractivity contribution is 7.99. The number of hydrogen-bond donors (Lipinski definition) is 2. The molecule has 2 heterocycles. The third-order valence-electron chi connectivity index (χ3n) is 4.76. The molecule has 0 aliphatic heterocycles. The molecule has 1 atom stereocenters. The van der Waals surface area contributed by atoms with Crippen LogP contribution in [0.25, 0.3) is 11.0 Å². The summed E-state index contributed by atoms with van der Waals surface area (Å²) in [5, 5.41) is 3.85. The number of nitrogens with zero attached hydrogens (tertiary/aromatic N) is 3. The van der Waals surface area contributed by atoms with E-state index >= 15 is 0 Å². The molecule has 0 spiro atoms. The molecule has 2 aromatic heterocycles. The van der Waals surface area contributed by atoms with Crippen LogP contribution in [0.1, 0.15) is 30.3 Å². The molecule has 0 saturated carbocycles. The van der Waals surface area contributed by atoms with Crippen LogP contribution in [0.5, 0.6) is 0 Å². The second-order valence-corrected chi connectivity index (χ2v) is 8.05. The minimum absolute atomic E-state index is 0.0996. The van der Waals surface area contributed by atoms with Gasteiger partial charge in [0.15, 0.2) is 5.16 Å². The number of carbonyl (C=O) groups excluding carboxylic acids is 1. The van der Waals surface area contributed by atoms with Gasteiger partial charge < -0.3 is 14.9 Å². The largest absolute Gasteiger partial charge is 0.342 e. The summed E-state index contributed by atoms with van der Waals surface area (Å²) in [5.74, 6) is 0.978. The average molecular weight is 424 g/mol. The predicted molar refractivity (Wildman–Crippen MR) is 116 cm³/mol. The number of halogens is 1. The summed E-state index contributed by atoms with van der Waals surface area (Å²) in [6.45, 7) is 0. The summed E-state index contributed by atoms with van der Waals surface area (Å²) in [6.07, 6.45) is 4.53. The third-order valence-corrected chi connectivity index (χ3v) is 5.72. The fourth-order valence-corrected chi connectivity index (χ4v) is 4.10. The highest BCUT2D eigenvalue weighted by Crippen LogP contribution is 2.23. The van der Waals surface area contributed by atoms with E-state index in [9.17, 15) is 9.18 Å². The van der Waals surface area contributed by atoms with E-state index in [0.29, 0.717) is 24.2 Å². The van der Waals surface area contributed by atoms with Crippen molar-refractivity contribution in [2.75, 3.05) is 5.75 Å². The van der Waals surface area contributed by atoms with Crippen molar-refractivity contribution < 1.29 is 9.18 Å². The molecule has 1 amide bonds. The Hall–Kier alpha value is -3.13. The summed E-state index contributed by atoms with van der Waals surface area (Å²) in [7, 11) is 1.85. The van der Waals surface area contributed by atoms with Gasteiger partial charge >= 0.3 is 0 Å². The van der Waals surface area contributed by atoms with Crippen LogP contribution in [0, 0.1) is 5.82 Å². The topological polar surface area (TPSA) is 75.6 Å². The number of H-pyrrole nitrogens is 1. The first kappa shape index (κ1) is 20.2. The molecular weight excluding hydrogens is 401 g/mol. The van der Waals surface area contributed by atoms with Gasteiger partial charge in [0.2, 0.25) is 5.91 Å². The molecule has 2 N–H and O–H groups in total. The Morgan fingerprint density at radius 1 is 1.27 bits per heavy atom. The van der Waals surface area contributed by atoms with Crippen LogP contribution >= 0.6 is 11.8 Å². The minimum Gasteiger partial charge on any atom is -0.342 e. The van der Waals surface area contributed by atoms with Gasteiger partial charge in [-0.05, 0) is 36.2 Å². The first-order chi connectivity index (χ1) is 14.6. The molecule has 4 rings (SSSR count). The number of carbonyl (C=O) groups is 1. The maximum Gasteiger partial charge on any atom is 0.220 e. The predicted octanol–water partition coefficient (Wildman–Crippen LogP) is 4.21. The number of thioether (sulfide) groups is 1. The molecule has 8 heteroatoms. The summed E-state index contributed by atoms with van der Waals surface area (Å²) < 4.78 is 15.6. The summed E-state index contributed by atoms with van der Waals surface area (Å²) in [5.41, 5.74) is 2.60. The van der Waals surface area contributed by atoms with Crippen LogP contribution in [0.2, 0.25) is 0 Å². The molecule has 0 saturated heterocycles. The van der Waals surface area contributed by atoms with Crippen LogP contribution in [0.15, 0.2) is 66.1 Å². The molecule has 30 heavy (non-hydrogen) atoms. The van der Waals surface area contributed by atoms with Crippen molar-refractivity contribution >= 4 is 28.7 Å². The standard InChI is InChI=1S/C22H22FN5OS/c1-28-12-11-24-21(28)20(15-6-4-7-16(23)14-15)27-19(29)10-5-13-30-22-25-17-8-2-3-9-18(17)26-22/h2-4,6-9,11-12,14,20H,5,10,13H2,1H3,(H,25,26)(H,27,29)/t20-/m1/s1. The summed E-state index contributed by atoms with van der Waals surface area (Å²) in [6, 6.07) is 13.6. The number of benzene rings is 2. The van der Waals surface area contributed by atoms with Gasteiger partial charge in [0.25, 0.3) is 0 Å². The van der Waals surface area contributed by atoms with E-state index in [4.69, 9.17) is 0 Å². The van der Waals surface area contributed by atoms with E-state index in [1.165, 1.54) is 12.1 Å². The number of aryl methyl sites for hydroxylation is 1. The van der Waals surface area contributed by atoms with Crippen LogP contribution in [0.3, 0.4) is 0 Å². The van der Waals surface area contributed by atoms with E-state index in [-0.39, 0.29) is 11.7 Å². The fraction of sp³-hybridized carbons (Fsp3) is 0.227. The van der Waals surface area contributed by atoms with Gasteiger partial charge in [0.05, 0.1) is 11.0 Å². The Morgan fingerprint density at radius 3 is 2.90 bits per heavy atom. The van der Waals surface area contributed by atoms with E-state index in [1.54, 1.807) is 36.3 Å². The van der Waals surface area contributed by atoms with Crippen molar-refractivity contribution in [3.8, 4) is 0 Å². The van der Waals surface area contributed by atoms with Crippen LogP contribution in [0.4, 0.5) is 4.39 Å². The van der Waals surface area contributed by atoms with Gasteiger partial charge in [-0.1, -0.05) is 36.0 Å². The Kier molecular flexibility index (Phi) is 6.13. The molecular formula is C22H22FN5OS. The molecule has 0 bridgehead atoms. The maximum absolute atomic E-state index is 13.7. The molecule has 4 aromatic rings. The molecule has 0 fully saturated rings.